The lowest BCUT2D eigenvalue weighted by Gasteiger charge is -2.35. The Morgan fingerprint density at radius 2 is 2.24 bits per heavy atom. The van der Waals surface area contributed by atoms with Crippen LogP contribution in [0.15, 0.2) is 6.20 Å². The second-order valence-corrected chi connectivity index (χ2v) is 5.33. The van der Waals surface area contributed by atoms with E-state index in [0.29, 0.717) is 56.5 Å². The molecule has 2 rings (SSSR count). The molecule has 1 aliphatic heterocycles. The minimum atomic E-state index is -0.860. The number of rotatable bonds is 7. The monoisotopic (exact) mass is 316 g/mol. The normalized spacial score (nSPS) is 17.9. The van der Waals surface area contributed by atoms with Gasteiger partial charge >= 0.3 is 0 Å². The summed E-state index contributed by atoms with van der Waals surface area (Å²) < 4.78 is 17.8. The quantitative estimate of drug-likeness (QED) is 0.719. The molecule has 0 unspecified atom stereocenters. The zero-order valence-corrected chi connectivity index (χ0v) is 13.2. The van der Waals surface area contributed by atoms with Crippen LogP contribution in [-0.4, -0.2) is 54.7 Å². The molecule has 0 amide bonds. The topological polar surface area (TPSA) is 62.6 Å². The van der Waals surface area contributed by atoms with Crippen LogP contribution in [0.25, 0.3) is 0 Å². The fourth-order valence-electron chi connectivity index (χ4n) is 2.57. The van der Waals surface area contributed by atoms with E-state index in [1.807, 2.05) is 6.92 Å². The summed E-state index contributed by atoms with van der Waals surface area (Å²) in [5.74, 6) is -0.119. The third-order valence-corrected chi connectivity index (χ3v) is 3.93. The van der Waals surface area contributed by atoms with E-state index in [1.54, 1.807) is 11.8 Å². The molecular formula is C14H21ClN2O4. The Kier molecular flexibility index (Phi) is 5.75. The molecule has 0 atom stereocenters. The van der Waals surface area contributed by atoms with Gasteiger partial charge in [-0.15, -0.1) is 0 Å². The van der Waals surface area contributed by atoms with Crippen molar-refractivity contribution in [2.45, 2.75) is 31.9 Å². The maximum absolute atomic E-state index is 13.0. The summed E-state index contributed by atoms with van der Waals surface area (Å²) in [5, 5.41) is 4.51. The number of ether oxygens (including phenoxy) is 3. The van der Waals surface area contributed by atoms with Crippen molar-refractivity contribution in [1.29, 1.82) is 0 Å². The van der Waals surface area contributed by atoms with Crippen molar-refractivity contribution in [1.82, 2.24) is 9.78 Å². The number of carbonyl (C=O) groups is 1. The van der Waals surface area contributed by atoms with E-state index in [1.165, 1.54) is 6.20 Å². The van der Waals surface area contributed by atoms with E-state index < -0.39 is 5.60 Å². The molecule has 0 radical (unpaired) electrons. The Bertz CT molecular complexity index is 478. The van der Waals surface area contributed by atoms with Crippen LogP contribution in [0.1, 0.15) is 30.3 Å². The molecule has 1 fully saturated rings. The molecule has 0 aromatic carbocycles. The SMILES string of the molecule is CCOC1(C(=O)c2c(Cl)cnn2CCOC)CCOCC1. The molecule has 0 bridgehead atoms. The van der Waals surface area contributed by atoms with Crippen molar-refractivity contribution in [3.05, 3.63) is 16.9 Å². The predicted octanol–water partition coefficient (Wildman–Crippen LogP) is 1.95. The predicted molar refractivity (Wildman–Crippen MR) is 77.9 cm³/mol. The molecule has 1 saturated heterocycles. The lowest BCUT2D eigenvalue weighted by atomic mass is 9.87. The van der Waals surface area contributed by atoms with Gasteiger partial charge in [-0.3, -0.25) is 9.48 Å². The lowest BCUT2D eigenvalue weighted by Crippen LogP contribution is -2.47. The van der Waals surface area contributed by atoms with E-state index in [4.69, 9.17) is 25.8 Å². The van der Waals surface area contributed by atoms with Gasteiger partial charge in [0.1, 0.15) is 11.3 Å². The highest BCUT2D eigenvalue weighted by Crippen LogP contribution is 2.31. The average molecular weight is 317 g/mol. The zero-order chi connectivity index (χ0) is 15.3. The highest BCUT2D eigenvalue weighted by molar-refractivity contribution is 6.34. The van der Waals surface area contributed by atoms with Gasteiger partial charge in [0.2, 0.25) is 5.78 Å². The number of ketones is 1. The molecule has 0 spiro atoms. The van der Waals surface area contributed by atoms with Crippen molar-refractivity contribution in [2.24, 2.45) is 0 Å². The molecule has 1 aliphatic rings. The highest BCUT2D eigenvalue weighted by atomic mass is 35.5. The zero-order valence-electron chi connectivity index (χ0n) is 12.4. The molecule has 0 N–H and O–H groups in total. The number of hydrogen-bond acceptors (Lipinski definition) is 5. The van der Waals surface area contributed by atoms with Crippen LogP contribution in [0, 0.1) is 0 Å². The second-order valence-electron chi connectivity index (χ2n) is 4.93. The van der Waals surface area contributed by atoms with Crippen LogP contribution < -0.4 is 0 Å². The van der Waals surface area contributed by atoms with Crippen molar-refractivity contribution in [2.75, 3.05) is 33.5 Å². The first kappa shape index (κ1) is 16.4. The summed E-state index contributed by atoms with van der Waals surface area (Å²) in [6, 6.07) is 0. The van der Waals surface area contributed by atoms with Crippen molar-refractivity contribution < 1.29 is 19.0 Å². The van der Waals surface area contributed by atoms with Gasteiger partial charge in [-0.25, -0.2) is 0 Å². The fourth-order valence-corrected chi connectivity index (χ4v) is 2.79. The Labute approximate surface area is 129 Å². The van der Waals surface area contributed by atoms with Crippen molar-refractivity contribution in [3.8, 4) is 0 Å². The Morgan fingerprint density at radius 1 is 1.52 bits per heavy atom. The summed E-state index contributed by atoms with van der Waals surface area (Å²) in [5.41, 5.74) is -0.467. The van der Waals surface area contributed by atoms with Crippen LogP contribution in [-0.2, 0) is 20.8 Å². The van der Waals surface area contributed by atoms with Gasteiger partial charge < -0.3 is 14.2 Å². The minimum Gasteiger partial charge on any atom is -0.383 e. The lowest BCUT2D eigenvalue weighted by molar-refractivity contribution is -0.0826. The molecule has 1 aromatic rings. The van der Waals surface area contributed by atoms with Gasteiger partial charge in [0, 0.05) is 39.8 Å². The minimum absolute atomic E-state index is 0.119. The third-order valence-electron chi connectivity index (χ3n) is 3.65. The number of halogens is 1. The summed E-state index contributed by atoms with van der Waals surface area (Å²) in [4.78, 5) is 13.0. The first-order valence-electron chi connectivity index (χ1n) is 7.11. The maximum Gasteiger partial charge on any atom is 0.214 e. The summed E-state index contributed by atoms with van der Waals surface area (Å²) >= 11 is 6.17. The number of Topliss-reactive ketones (excluding diaryl/α,β-unsaturated/α-hetero) is 1. The molecule has 6 nitrogen and oxygen atoms in total. The third kappa shape index (κ3) is 3.45. The van der Waals surface area contributed by atoms with Crippen LogP contribution in [0.2, 0.25) is 5.02 Å². The largest absolute Gasteiger partial charge is 0.383 e. The number of nitrogens with zero attached hydrogens (tertiary/aromatic N) is 2. The van der Waals surface area contributed by atoms with Gasteiger partial charge in [0.15, 0.2) is 0 Å². The van der Waals surface area contributed by atoms with Gasteiger partial charge in [0.25, 0.3) is 0 Å². The van der Waals surface area contributed by atoms with E-state index in [0.717, 1.165) is 0 Å². The van der Waals surface area contributed by atoms with Gasteiger partial charge in [-0.05, 0) is 6.92 Å². The molecule has 21 heavy (non-hydrogen) atoms. The molecule has 2 heterocycles. The summed E-state index contributed by atoms with van der Waals surface area (Å²) in [7, 11) is 1.60. The molecule has 7 heteroatoms. The average Bonchev–Trinajstić information content (AvgIpc) is 2.86. The molecule has 0 saturated carbocycles. The van der Waals surface area contributed by atoms with Crippen LogP contribution in [0.5, 0.6) is 0 Å². The fraction of sp³-hybridized carbons (Fsp3) is 0.714. The standard InChI is InChI=1S/C14H21ClN2O4/c1-3-21-14(4-7-20-8-5-14)13(18)12-11(15)10-16-17(12)6-9-19-2/h10H,3-9H2,1-2H3. The highest BCUT2D eigenvalue weighted by Gasteiger charge is 2.43. The first-order chi connectivity index (χ1) is 10.1. The first-order valence-corrected chi connectivity index (χ1v) is 7.49. The summed E-state index contributed by atoms with van der Waals surface area (Å²) in [6.07, 6.45) is 2.56. The smallest absolute Gasteiger partial charge is 0.214 e. The van der Waals surface area contributed by atoms with E-state index in [-0.39, 0.29) is 5.78 Å². The second kappa shape index (κ2) is 7.35. The number of carbonyl (C=O) groups excluding carboxylic acids is 1. The van der Waals surface area contributed by atoms with E-state index in [2.05, 4.69) is 5.10 Å². The van der Waals surface area contributed by atoms with Crippen molar-refractivity contribution >= 4 is 17.4 Å². The van der Waals surface area contributed by atoms with Crippen LogP contribution in [0.3, 0.4) is 0 Å². The maximum atomic E-state index is 13.0. The van der Waals surface area contributed by atoms with Gasteiger partial charge in [0.05, 0.1) is 24.4 Å². The van der Waals surface area contributed by atoms with Gasteiger partial charge in [-0.1, -0.05) is 11.6 Å². The van der Waals surface area contributed by atoms with Gasteiger partial charge in [-0.2, -0.15) is 5.10 Å². The Morgan fingerprint density at radius 3 is 2.86 bits per heavy atom. The number of aromatic nitrogens is 2. The Hall–Kier alpha value is -0.950. The van der Waals surface area contributed by atoms with Crippen LogP contribution in [0.4, 0.5) is 0 Å². The summed E-state index contributed by atoms with van der Waals surface area (Å²) in [6.45, 7) is 4.31. The molecular weight excluding hydrogens is 296 g/mol. The van der Waals surface area contributed by atoms with Crippen LogP contribution >= 0.6 is 11.6 Å². The molecule has 0 aliphatic carbocycles. The van der Waals surface area contributed by atoms with E-state index in [9.17, 15) is 4.79 Å². The Balaban J connectivity index is 2.30. The van der Waals surface area contributed by atoms with E-state index >= 15 is 0 Å². The number of hydrogen-bond donors (Lipinski definition) is 0. The number of methoxy groups -OCH3 is 1. The molecule has 118 valence electrons. The molecule has 1 aromatic heterocycles. The van der Waals surface area contributed by atoms with Crippen molar-refractivity contribution in [3.63, 3.8) is 0 Å².